The van der Waals surface area contributed by atoms with E-state index >= 15 is 0 Å². The molecule has 0 saturated heterocycles. The van der Waals surface area contributed by atoms with E-state index < -0.39 is 0 Å². The average molecular weight is 278 g/mol. The van der Waals surface area contributed by atoms with Crippen molar-refractivity contribution in [1.29, 1.82) is 0 Å². The minimum absolute atomic E-state index is 0.0318. The first-order chi connectivity index (χ1) is 9.60. The third-order valence-electron chi connectivity index (χ3n) is 3.56. The first-order valence-electron chi connectivity index (χ1n) is 7.25. The van der Waals surface area contributed by atoms with Crippen LogP contribution in [0.15, 0.2) is 18.2 Å². The number of hydrogen-bond acceptors (Lipinski definition) is 3. The van der Waals surface area contributed by atoms with Crippen molar-refractivity contribution in [2.75, 3.05) is 19.0 Å². The van der Waals surface area contributed by atoms with Gasteiger partial charge in [0.25, 0.3) is 0 Å². The molecule has 0 aliphatic carbocycles. The van der Waals surface area contributed by atoms with E-state index in [9.17, 15) is 4.79 Å². The summed E-state index contributed by atoms with van der Waals surface area (Å²) in [6.07, 6.45) is 3.46. The van der Waals surface area contributed by atoms with Crippen molar-refractivity contribution >= 4 is 11.6 Å². The Morgan fingerprint density at radius 3 is 2.75 bits per heavy atom. The summed E-state index contributed by atoms with van der Waals surface area (Å²) < 4.78 is 5.26. The van der Waals surface area contributed by atoms with Gasteiger partial charge < -0.3 is 15.8 Å². The van der Waals surface area contributed by atoms with E-state index in [1.165, 1.54) is 0 Å². The van der Waals surface area contributed by atoms with Crippen molar-refractivity contribution in [2.24, 2.45) is 11.7 Å². The Kier molecular flexibility index (Phi) is 7.09. The van der Waals surface area contributed by atoms with Crippen molar-refractivity contribution in [1.82, 2.24) is 0 Å². The van der Waals surface area contributed by atoms with Gasteiger partial charge in [0.05, 0.1) is 12.8 Å². The highest BCUT2D eigenvalue weighted by atomic mass is 16.5. The monoisotopic (exact) mass is 278 g/mol. The van der Waals surface area contributed by atoms with Gasteiger partial charge in [-0.1, -0.05) is 19.4 Å². The highest BCUT2D eigenvalue weighted by molar-refractivity contribution is 5.92. The van der Waals surface area contributed by atoms with Crippen LogP contribution in [0.3, 0.4) is 0 Å². The van der Waals surface area contributed by atoms with Crippen LogP contribution in [0.1, 0.15) is 38.2 Å². The molecular formula is C16H26N2O2. The number of nitrogens with one attached hydrogen (secondary N) is 1. The fourth-order valence-electron chi connectivity index (χ4n) is 2.26. The Hall–Kier alpha value is -1.55. The van der Waals surface area contributed by atoms with Gasteiger partial charge in [0.2, 0.25) is 5.91 Å². The molecule has 20 heavy (non-hydrogen) atoms. The molecule has 1 atom stereocenters. The van der Waals surface area contributed by atoms with Crippen LogP contribution in [0.25, 0.3) is 0 Å². The van der Waals surface area contributed by atoms with Crippen LogP contribution < -0.4 is 15.8 Å². The average Bonchev–Trinajstić information content (AvgIpc) is 2.43. The molecule has 0 aromatic heterocycles. The van der Waals surface area contributed by atoms with Crippen LogP contribution in [-0.4, -0.2) is 19.6 Å². The number of anilines is 1. The van der Waals surface area contributed by atoms with E-state index in [4.69, 9.17) is 10.5 Å². The molecule has 0 aliphatic rings. The fraction of sp³-hybridized carbons (Fsp3) is 0.562. The van der Waals surface area contributed by atoms with Crippen LogP contribution in [0.5, 0.6) is 5.75 Å². The van der Waals surface area contributed by atoms with Crippen molar-refractivity contribution in [3.05, 3.63) is 23.8 Å². The summed E-state index contributed by atoms with van der Waals surface area (Å²) in [5, 5.41) is 2.93. The van der Waals surface area contributed by atoms with Gasteiger partial charge in [-0.25, -0.2) is 0 Å². The SMILES string of the molecule is CCC(CCN)CCC(=O)Nc1cc(C)ccc1OC. The van der Waals surface area contributed by atoms with E-state index in [1.54, 1.807) is 7.11 Å². The van der Waals surface area contributed by atoms with Gasteiger partial charge in [-0.3, -0.25) is 4.79 Å². The topological polar surface area (TPSA) is 64.4 Å². The lowest BCUT2D eigenvalue weighted by Crippen LogP contribution is -2.15. The third kappa shape index (κ3) is 5.21. The first-order valence-corrected chi connectivity index (χ1v) is 7.25. The second-order valence-electron chi connectivity index (χ2n) is 5.14. The number of methoxy groups -OCH3 is 1. The highest BCUT2D eigenvalue weighted by Gasteiger charge is 2.11. The number of nitrogens with two attached hydrogens (primary N) is 1. The van der Waals surface area contributed by atoms with E-state index in [-0.39, 0.29) is 5.91 Å². The summed E-state index contributed by atoms with van der Waals surface area (Å²) in [7, 11) is 1.61. The first kappa shape index (κ1) is 16.5. The molecule has 0 aliphatic heterocycles. The van der Waals surface area contributed by atoms with Gasteiger partial charge in [0, 0.05) is 6.42 Å². The van der Waals surface area contributed by atoms with Gasteiger partial charge in [0.15, 0.2) is 0 Å². The van der Waals surface area contributed by atoms with Gasteiger partial charge in [-0.2, -0.15) is 0 Å². The predicted octanol–water partition coefficient (Wildman–Crippen LogP) is 3.10. The minimum atomic E-state index is 0.0318. The zero-order valence-electron chi connectivity index (χ0n) is 12.7. The third-order valence-corrected chi connectivity index (χ3v) is 3.56. The Morgan fingerprint density at radius 2 is 2.15 bits per heavy atom. The molecule has 0 saturated carbocycles. The molecule has 0 heterocycles. The summed E-state index contributed by atoms with van der Waals surface area (Å²) in [6, 6.07) is 5.75. The normalized spacial score (nSPS) is 12.0. The van der Waals surface area contributed by atoms with E-state index in [0.717, 1.165) is 30.5 Å². The van der Waals surface area contributed by atoms with Gasteiger partial charge in [-0.05, 0) is 49.9 Å². The molecule has 1 aromatic rings. The molecular weight excluding hydrogens is 252 g/mol. The van der Waals surface area contributed by atoms with Crippen LogP contribution in [0.4, 0.5) is 5.69 Å². The maximum absolute atomic E-state index is 12.0. The summed E-state index contributed by atoms with van der Waals surface area (Å²) >= 11 is 0. The summed E-state index contributed by atoms with van der Waals surface area (Å²) in [5.74, 6) is 1.26. The molecule has 1 unspecified atom stereocenters. The van der Waals surface area contributed by atoms with Crippen molar-refractivity contribution in [3.8, 4) is 5.75 Å². The van der Waals surface area contributed by atoms with E-state index in [1.807, 2.05) is 25.1 Å². The smallest absolute Gasteiger partial charge is 0.224 e. The van der Waals surface area contributed by atoms with Crippen LogP contribution >= 0.6 is 0 Å². The maximum Gasteiger partial charge on any atom is 0.224 e. The summed E-state index contributed by atoms with van der Waals surface area (Å²) in [4.78, 5) is 12.0. The van der Waals surface area contributed by atoms with Crippen LogP contribution in [0.2, 0.25) is 0 Å². The number of amides is 1. The lowest BCUT2D eigenvalue weighted by Gasteiger charge is -2.14. The van der Waals surface area contributed by atoms with Crippen molar-refractivity contribution in [3.63, 3.8) is 0 Å². The number of rotatable bonds is 8. The van der Waals surface area contributed by atoms with Crippen LogP contribution in [0, 0.1) is 12.8 Å². The lowest BCUT2D eigenvalue weighted by molar-refractivity contribution is -0.116. The Morgan fingerprint density at radius 1 is 1.40 bits per heavy atom. The molecule has 4 nitrogen and oxygen atoms in total. The highest BCUT2D eigenvalue weighted by Crippen LogP contribution is 2.25. The number of aryl methyl sites for hydroxylation is 1. The Balaban J connectivity index is 2.55. The zero-order valence-corrected chi connectivity index (χ0v) is 12.7. The summed E-state index contributed by atoms with van der Waals surface area (Å²) in [6.45, 7) is 4.82. The molecule has 4 heteroatoms. The van der Waals surface area contributed by atoms with Crippen LogP contribution in [-0.2, 0) is 4.79 Å². The van der Waals surface area contributed by atoms with Crippen molar-refractivity contribution < 1.29 is 9.53 Å². The Bertz CT molecular complexity index is 432. The number of benzene rings is 1. The number of carbonyl (C=O) groups is 1. The largest absolute Gasteiger partial charge is 0.495 e. The molecule has 1 aromatic carbocycles. The van der Waals surface area contributed by atoms with Gasteiger partial charge >= 0.3 is 0 Å². The second-order valence-corrected chi connectivity index (χ2v) is 5.14. The van der Waals surface area contributed by atoms with Crippen molar-refractivity contribution in [2.45, 2.75) is 39.5 Å². The molecule has 1 amide bonds. The number of carbonyl (C=O) groups excluding carboxylic acids is 1. The van der Waals surface area contributed by atoms with E-state index in [2.05, 4.69) is 12.2 Å². The molecule has 112 valence electrons. The standard InChI is InChI=1S/C16H26N2O2/c1-4-13(9-10-17)6-8-16(19)18-14-11-12(2)5-7-15(14)20-3/h5,7,11,13H,4,6,8-10,17H2,1-3H3,(H,18,19). The number of hydrogen-bond donors (Lipinski definition) is 2. The predicted molar refractivity (Wildman–Crippen MR) is 83.0 cm³/mol. The molecule has 1 rings (SSSR count). The second kappa shape index (κ2) is 8.59. The molecule has 0 bridgehead atoms. The molecule has 0 fully saturated rings. The van der Waals surface area contributed by atoms with Gasteiger partial charge in [-0.15, -0.1) is 0 Å². The minimum Gasteiger partial charge on any atom is -0.495 e. The van der Waals surface area contributed by atoms with E-state index in [0.29, 0.717) is 24.6 Å². The van der Waals surface area contributed by atoms with Gasteiger partial charge in [0.1, 0.15) is 5.75 Å². The maximum atomic E-state index is 12.0. The molecule has 0 radical (unpaired) electrons. The summed E-state index contributed by atoms with van der Waals surface area (Å²) in [5.41, 5.74) is 7.41. The number of ether oxygens (including phenoxy) is 1. The zero-order chi connectivity index (χ0) is 15.0. The molecule has 3 N–H and O–H groups in total. The molecule has 0 spiro atoms. The lowest BCUT2D eigenvalue weighted by atomic mass is 9.96. The fourth-order valence-corrected chi connectivity index (χ4v) is 2.26. The Labute approximate surface area is 121 Å². The quantitative estimate of drug-likeness (QED) is 0.768.